The van der Waals surface area contributed by atoms with Gasteiger partial charge in [-0.05, 0) is 6.92 Å². The minimum atomic E-state index is -1.84. The summed E-state index contributed by atoms with van der Waals surface area (Å²) in [6.07, 6.45) is -26.7. The van der Waals surface area contributed by atoms with Gasteiger partial charge in [0.05, 0.1) is 32.0 Å². The maximum atomic E-state index is 12.3. The molecule has 22 nitrogen and oxygen atoms in total. The van der Waals surface area contributed by atoms with Crippen LogP contribution in [0.1, 0.15) is 20.8 Å². The summed E-state index contributed by atoms with van der Waals surface area (Å²) in [5, 5.41) is 109. The average Bonchev–Trinajstić information content (AvgIpc) is 3.06. The zero-order valence-corrected chi connectivity index (χ0v) is 27.4. The molecule has 4 aliphatic rings. The molecule has 0 spiro atoms. The van der Waals surface area contributed by atoms with E-state index in [4.69, 9.17) is 38.9 Å². The molecule has 0 saturated carbocycles. The Kier molecular flexibility index (Phi) is 14.2. The summed E-state index contributed by atoms with van der Waals surface area (Å²) in [7, 11) is 0. The minimum absolute atomic E-state index is 0.616. The number of nitrogens with two attached hydrogens (primary N) is 1. The molecule has 4 fully saturated rings. The highest BCUT2D eigenvalue weighted by Crippen LogP contribution is 2.33. The summed E-state index contributed by atoms with van der Waals surface area (Å²) >= 11 is 0. The molecular formula is C28H49N3O19. The third kappa shape index (κ3) is 8.87. The van der Waals surface area contributed by atoms with Crippen molar-refractivity contribution >= 4 is 11.8 Å². The van der Waals surface area contributed by atoms with E-state index in [2.05, 4.69) is 10.6 Å². The molecule has 14 N–H and O–H groups in total. The van der Waals surface area contributed by atoms with E-state index in [0.29, 0.717) is 0 Å². The van der Waals surface area contributed by atoms with Gasteiger partial charge in [-0.15, -0.1) is 0 Å². The molecule has 0 aromatic heterocycles. The Morgan fingerprint density at radius 3 is 1.76 bits per heavy atom. The SMILES string of the molecule is CC(=O)N[C@H]1[C@H](O[C@H]2[C@H](O)[C@@H](NC(C)=O)C(O)O[C@@H]2CO[C@@H]2O[C@@H](C)[C@@H](O)[C@@H](O)[C@@H]2O)O[C@H](CO)[C@@H](O[C@@H]2O[C@H](CO)[C@@H](O)[C@H](O)[C@H]2N)[C@@H]1O. The highest BCUT2D eigenvalue weighted by molar-refractivity contribution is 5.73. The van der Waals surface area contributed by atoms with Crippen molar-refractivity contribution in [1.82, 2.24) is 10.6 Å². The smallest absolute Gasteiger partial charge is 0.217 e. The van der Waals surface area contributed by atoms with E-state index in [0.717, 1.165) is 13.8 Å². The van der Waals surface area contributed by atoms with E-state index >= 15 is 0 Å². The predicted octanol–water partition coefficient (Wildman–Crippen LogP) is -8.47. The molecule has 4 aliphatic heterocycles. The number of aliphatic hydroxyl groups excluding tert-OH is 10. The van der Waals surface area contributed by atoms with Gasteiger partial charge in [0.25, 0.3) is 0 Å². The molecule has 4 saturated heterocycles. The predicted molar refractivity (Wildman–Crippen MR) is 158 cm³/mol. The number of carbonyl (C=O) groups excluding carboxylic acids is 2. The Bertz CT molecular complexity index is 1130. The van der Waals surface area contributed by atoms with Crippen molar-refractivity contribution in [1.29, 1.82) is 0 Å². The minimum Gasteiger partial charge on any atom is -0.394 e. The Balaban J connectivity index is 1.58. The maximum Gasteiger partial charge on any atom is 0.217 e. The lowest BCUT2D eigenvalue weighted by Gasteiger charge is -2.49. The van der Waals surface area contributed by atoms with E-state index < -0.39 is 154 Å². The van der Waals surface area contributed by atoms with Gasteiger partial charge in [0.15, 0.2) is 25.2 Å². The number of amides is 2. The second-order valence-electron chi connectivity index (χ2n) is 12.7. The third-order valence-electron chi connectivity index (χ3n) is 9.03. The van der Waals surface area contributed by atoms with Crippen LogP contribution < -0.4 is 16.4 Å². The van der Waals surface area contributed by atoms with Crippen molar-refractivity contribution in [2.24, 2.45) is 5.73 Å². The molecule has 50 heavy (non-hydrogen) atoms. The molecule has 22 heteroatoms. The molecule has 0 aromatic rings. The maximum absolute atomic E-state index is 12.3. The van der Waals surface area contributed by atoms with Crippen LogP contribution in [-0.2, 0) is 42.7 Å². The first kappa shape index (κ1) is 41.0. The van der Waals surface area contributed by atoms with Gasteiger partial charge in [-0.1, -0.05) is 0 Å². The van der Waals surface area contributed by atoms with Crippen molar-refractivity contribution in [3.63, 3.8) is 0 Å². The second-order valence-corrected chi connectivity index (χ2v) is 12.7. The van der Waals surface area contributed by atoms with E-state index in [9.17, 15) is 60.7 Å². The van der Waals surface area contributed by atoms with Gasteiger partial charge in [-0.2, -0.15) is 0 Å². The zero-order chi connectivity index (χ0) is 37.2. The molecule has 0 aliphatic carbocycles. The first-order valence-corrected chi connectivity index (χ1v) is 16.0. The van der Waals surface area contributed by atoms with Crippen LogP contribution in [-0.4, -0.2) is 205 Å². The Morgan fingerprint density at radius 2 is 1.16 bits per heavy atom. The van der Waals surface area contributed by atoms with Crippen molar-refractivity contribution in [2.45, 2.75) is 143 Å². The quantitative estimate of drug-likeness (QED) is 0.0938. The summed E-state index contributed by atoms with van der Waals surface area (Å²) in [6.45, 7) is 1.42. The fraction of sp³-hybridized carbons (Fsp3) is 0.929. The topological polar surface area (TPSA) is 351 Å². The van der Waals surface area contributed by atoms with Gasteiger partial charge in [-0.3, -0.25) is 9.59 Å². The summed E-state index contributed by atoms with van der Waals surface area (Å²) in [5.74, 6) is -1.38. The molecule has 0 radical (unpaired) electrons. The second kappa shape index (κ2) is 17.4. The van der Waals surface area contributed by atoms with Crippen LogP contribution in [0.25, 0.3) is 0 Å². The Labute approximate surface area is 285 Å². The molecule has 20 atom stereocenters. The first-order valence-electron chi connectivity index (χ1n) is 16.0. The number of hydrogen-bond donors (Lipinski definition) is 13. The fourth-order valence-corrected chi connectivity index (χ4v) is 6.24. The lowest BCUT2D eigenvalue weighted by atomic mass is 9.93. The van der Waals surface area contributed by atoms with Crippen LogP contribution in [0.15, 0.2) is 0 Å². The van der Waals surface area contributed by atoms with E-state index in [-0.39, 0.29) is 0 Å². The van der Waals surface area contributed by atoms with E-state index in [1.807, 2.05) is 0 Å². The molecule has 0 aromatic carbocycles. The van der Waals surface area contributed by atoms with Gasteiger partial charge in [0, 0.05) is 13.8 Å². The highest BCUT2D eigenvalue weighted by atomic mass is 16.7. The number of aliphatic hydroxyl groups is 10. The first-order chi connectivity index (χ1) is 23.5. The normalized spacial score (nSPS) is 48.5. The summed E-state index contributed by atoms with van der Waals surface area (Å²) in [6, 6.07) is -4.44. The van der Waals surface area contributed by atoms with Crippen LogP contribution in [0.3, 0.4) is 0 Å². The van der Waals surface area contributed by atoms with Crippen LogP contribution in [0, 0.1) is 0 Å². The van der Waals surface area contributed by atoms with Crippen LogP contribution in [0.4, 0.5) is 0 Å². The van der Waals surface area contributed by atoms with Crippen molar-refractivity contribution < 1.29 is 93.8 Å². The molecule has 4 heterocycles. The lowest BCUT2D eigenvalue weighted by molar-refractivity contribution is -0.355. The van der Waals surface area contributed by atoms with Gasteiger partial charge >= 0.3 is 0 Å². The molecule has 2 amide bonds. The van der Waals surface area contributed by atoms with Gasteiger partial charge in [0.1, 0.15) is 85.3 Å². The van der Waals surface area contributed by atoms with Crippen LogP contribution in [0.5, 0.6) is 0 Å². The van der Waals surface area contributed by atoms with Crippen molar-refractivity contribution in [3.05, 3.63) is 0 Å². The van der Waals surface area contributed by atoms with Crippen LogP contribution in [0.2, 0.25) is 0 Å². The number of carbonyl (C=O) groups is 2. The monoisotopic (exact) mass is 731 g/mol. The molecule has 4 rings (SSSR count). The molecule has 290 valence electrons. The summed E-state index contributed by atoms with van der Waals surface area (Å²) < 4.78 is 39.8. The number of ether oxygens (including phenoxy) is 7. The largest absolute Gasteiger partial charge is 0.394 e. The van der Waals surface area contributed by atoms with Crippen molar-refractivity contribution in [2.75, 3.05) is 19.8 Å². The highest BCUT2D eigenvalue weighted by Gasteiger charge is 2.54. The lowest BCUT2D eigenvalue weighted by Crippen LogP contribution is -2.70. The Morgan fingerprint density at radius 1 is 0.620 bits per heavy atom. The van der Waals surface area contributed by atoms with E-state index in [1.165, 1.54) is 6.92 Å². The summed E-state index contributed by atoms with van der Waals surface area (Å²) in [5.41, 5.74) is 5.97. The molecular weight excluding hydrogens is 682 g/mol. The third-order valence-corrected chi connectivity index (χ3v) is 9.03. The zero-order valence-electron chi connectivity index (χ0n) is 27.4. The summed E-state index contributed by atoms with van der Waals surface area (Å²) in [4.78, 5) is 24.2. The average molecular weight is 732 g/mol. The fourth-order valence-electron chi connectivity index (χ4n) is 6.24. The number of nitrogens with one attached hydrogen (secondary N) is 2. The van der Waals surface area contributed by atoms with Gasteiger partial charge < -0.3 is 101 Å². The van der Waals surface area contributed by atoms with Gasteiger partial charge in [0.2, 0.25) is 11.8 Å². The van der Waals surface area contributed by atoms with E-state index in [1.54, 1.807) is 0 Å². The van der Waals surface area contributed by atoms with Crippen LogP contribution >= 0.6 is 0 Å². The van der Waals surface area contributed by atoms with Crippen molar-refractivity contribution in [3.8, 4) is 0 Å². The van der Waals surface area contributed by atoms with Gasteiger partial charge in [-0.25, -0.2) is 0 Å². The standard InChI is InChI=1S/C28H49N3O19/c1-7-16(36)21(41)22(42)28(45-7)44-6-12-24(19(39)14(25(43)46-12)30-8(2)34)50-27-15(31-9(3)35)20(40)23(11(5-33)48-27)49-26-13(29)18(38)17(37)10(4-32)47-26/h7,10-28,32-33,36-43H,4-6,29H2,1-3H3,(H,30,34)(H,31,35)/t7-,10+,11+,12+,13+,14+,15+,16+,17+,18+,19+,20+,21+,22-,23+,24+,25?,26-,27-,28+/m0/s1. The number of rotatable bonds is 11. The Hall–Kier alpha value is -1.78. The molecule has 1 unspecified atom stereocenters. The molecule has 0 bridgehead atoms. The number of hydrogen-bond acceptors (Lipinski definition) is 20.